The van der Waals surface area contributed by atoms with Crippen LogP contribution in [0.3, 0.4) is 0 Å². The van der Waals surface area contributed by atoms with Crippen LogP contribution in [0, 0.1) is 0 Å². The van der Waals surface area contributed by atoms with Gasteiger partial charge in [-0.25, -0.2) is 4.98 Å². The molecule has 1 aromatic heterocycles. The average molecular weight is 386 g/mol. The van der Waals surface area contributed by atoms with Gasteiger partial charge in [0.15, 0.2) is 0 Å². The Bertz CT molecular complexity index is 868. The maximum atomic E-state index is 12.2. The summed E-state index contributed by atoms with van der Waals surface area (Å²) in [7, 11) is 0. The van der Waals surface area contributed by atoms with E-state index in [-0.39, 0.29) is 18.9 Å². The molecule has 140 valence electrons. The lowest BCUT2D eigenvalue weighted by Crippen LogP contribution is -2.16. The molecule has 3 rings (SSSR count). The number of carbonyl (C=O) groups excluding carboxylic acids is 1. The van der Waals surface area contributed by atoms with E-state index < -0.39 is 0 Å². The molecule has 6 nitrogen and oxygen atoms in total. The molecule has 27 heavy (non-hydrogen) atoms. The molecular formula is C20H20ClN3O3. The molecule has 0 bridgehead atoms. The highest BCUT2D eigenvalue weighted by Crippen LogP contribution is 2.25. The summed E-state index contributed by atoms with van der Waals surface area (Å²) >= 11 is 6.03. The fraction of sp³-hybridized carbons (Fsp3) is 0.200. The van der Waals surface area contributed by atoms with Crippen LogP contribution in [0.1, 0.15) is 6.42 Å². The second kappa shape index (κ2) is 9.64. The van der Waals surface area contributed by atoms with Crippen LogP contribution in [-0.2, 0) is 11.3 Å². The number of aromatic nitrogens is 2. The van der Waals surface area contributed by atoms with Crippen molar-refractivity contribution in [3.8, 4) is 11.5 Å². The SMILES string of the molecule is O=C(CCOc1ccccc1Cl)Nc1ccccc1OCCn1ccnc1. The summed E-state index contributed by atoms with van der Waals surface area (Å²) in [5.74, 6) is 1.03. The van der Waals surface area contributed by atoms with Crippen LogP contribution < -0.4 is 14.8 Å². The molecule has 0 radical (unpaired) electrons. The molecule has 1 N–H and O–H groups in total. The van der Waals surface area contributed by atoms with E-state index in [0.717, 1.165) is 0 Å². The zero-order chi connectivity index (χ0) is 18.9. The van der Waals surface area contributed by atoms with Crippen molar-refractivity contribution in [2.45, 2.75) is 13.0 Å². The van der Waals surface area contributed by atoms with Crippen molar-refractivity contribution >= 4 is 23.2 Å². The molecule has 3 aromatic rings. The van der Waals surface area contributed by atoms with Crippen LogP contribution in [0.2, 0.25) is 5.02 Å². The lowest BCUT2D eigenvalue weighted by molar-refractivity contribution is -0.116. The Labute approximate surface area is 162 Å². The summed E-state index contributed by atoms with van der Waals surface area (Å²) in [6.45, 7) is 1.38. The van der Waals surface area contributed by atoms with Gasteiger partial charge in [0.25, 0.3) is 0 Å². The van der Waals surface area contributed by atoms with E-state index in [4.69, 9.17) is 21.1 Å². The molecule has 0 aliphatic carbocycles. The number of benzene rings is 2. The van der Waals surface area contributed by atoms with Gasteiger partial charge < -0.3 is 19.4 Å². The first-order valence-corrected chi connectivity index (χ1v) is 8.95. The number of rotatable bonds is 9. The zero-order valence-electron chi connectivity index (χ0n) is 14.7. The fourth-order valence-electron chi connectivity index (χ4n) is 2.40. The maximum absolute atomic E-state index is 12.2. The minimum Gasteiger partial charge on any atom is -0.491 e. The Morgan fingerprint density at radius 3 is 2.56 bits per heavy atom. The molecule has 2 aromatic carbocycles. The van der Waals surface area contributed by atoms with Crippen molar-refractivity contribution in [3.05, 3.63) is 72.3 Å². The molecule has 0 saturated heterocycles. The highest BCUT2D eigenvalue weighted by Gasteiger charge is 2.09. The van der Waals surface area contributed by atoms with Crippen molar-refractivity contribution in [3.63, 3.8) is 0 Å². The van der Waals surface area contributed by atoms with Gasteiger partial charge in [-0.3, -0.25) is 4.79 Å². The molecule has 1 amide bonds. The standard InChI is InChI=1S/C20H20ClN3O3/c21-16-5-1-3-7-18(16)26-13-9-20(25)23-17-6-2-4-8-19(17)27-14-12-24-11-10-22-15-24/h1-8,10-11,15H,9,12-14H2,(H,23,25). The number of amides is 1. The number of carbonyl (C=O) groups is 1. The van der Waals surface area contributed by atoms with E-state index in [9.17, 15) is 4.79 Å². The predicted molar refractivity (Wildman–Crippen MR) is 104 cm³/mol. The third-order valence-electron chi connectivity index (χ3n) is 3.75. The van der Waals surface area contributed by atoms with Crippen molar-refractivity contribution in [2.75, 3.05) is 18.5 Å². The number of ether oxygens (including phenoxy) is 2. The maximum Gasteiger partial charge on any atom is 0.227 e. The van der Waals surface area contributed by atoms with Gasteiger partial charge in [0.1, 0.15) is 18.1 Å². The molecule has 0 spiro atoms. The largest absolute Gasteiger partial charge is 0.491 e. The Morgan fingerprint density at radius 1 is 1.04 bits per heavy atom. The third-order valence-corrected chi connectivity index (χ3v) is 4.06. The van der Waals surface area contributed by atoms with E-state index in [2.05, 4.69) is 10.3 Å². The molecule has 0 aliphatic rings. The Hall–Kier alpha value is -2.99. The van der Waals surface area contributed by atoms with Gasteiger partial charge >= 0.3 is 0 Å². The monoisotopic (exact) mass is 385 g/mol. The summed E-state index contributed by atoms with van der Waals surface area (Å²) < 4.78 is 13.3. The van der Waals surface area contributed by atoms with Crippen LogP contribution in [0.4, 0.5) is 5.69 Å². The number of nitrogens with zero attached hydrogens (tertiary/aromatic N) is 2. The van der Waals surface area contributed by atoms with E-state index in [1.807, 2.05) is 41.1 Å². The molecular weight excluding hydrogens is 366 g/mol. The summed E-state index contributed by atoms with van der Waals surface area (Å²) in [6, 6.07) is 14.5. The lowest BCUT2D eigenvalue weighted by Gasteiger charge is -2.13. The highest BCUT2D eigenvalue weighted by atomic mass is 35.5. The molecule has 0 aliphatic heterocycles. The summed E-state index contributed by atoms with van der Waals surface area (Å²) in [4.78, 5) is 16.2. The van der Waals surface area contributed by atoms with E-state index >= 15 is 0 Å². The van der Waals surface area contributed by atoms with Crippen LogP contribution in [-0.4, -0.2) is 28.7 Å². The minimum absolute atomic E-state index is 0.160. The van der Waals surface area contributed by atoms with Crippen molar-refractivity contribution < 1.29 is 14.3 Å². The van der Waals surface area contributed by atoms with Crippen LogP contribution >= 0.6 is 11.6 Å². The van der Waals surface area contributed by atoms with Gasteiger partial charge in [-0.15, -0.1) is 0 Å². The second-order valence-electron chi connectivity index (χ2n) is 5.72. The van der Waals surface area contributed by atoms with Gasteiger partial charge in [0.2, 0.25) is 5.91 Å². The van der Waals surface area contributed by atoms with Crippen molar-refractivity contribution in [1.29, 1.82) is 0 Å². The Kier molecular flexibility index (Phi) is 6.71. The quantitative estimate of drug-likeness (QED) is 0.604. The average Bonchev–Trinajstić information content (AvgIpc) is 3.18. The van der Waals surface area contributed by atoms with Gasteiger partial charge in [0.05, 0.1) is 36.6 Å². The Balaban J connectivity index is 1.47. The number of para-hydroxylation sites is 3. The first-order chi connectivity index (χ1) is 13.2. The number of nitrogens with one attached hydrogen (secondary N) is 1. The van der Waals surface area contributed by atoms with E-state index in [0.29, 0.717) is 35.4 Å². The third kappa shape index (κ3) is 5.76. The predicted octanol–water partition coefficient (Wildman–Crippen LogP) is 4.02. The molecule has 0 saturated carbocycles. The minimum atomic E-state index is -0.160. The lowest BCUT2D eigenvalue weighted by atomic mass is 10.3. The summed E-state index contributed by atoms with van der Waals surface area (Å²) in [6.07, 6.45) is 5.53. The zero-order valence-corrected chi connectivity index (χ0v) is 15.4. The van der Waals surface area contributed by atoms with Crippen molar-refractivity contribution in [2.24, 2.45) is 0 Å². The van der Waals surface area contributed by atoms with Crippen LogP contribution in [0.15, 0.2) is 67.3 Å². The molecule has 0 fully saturated rings. The molecule has 0 unspecified atom stereocenters. The van der Waals surface area contributed by atoms with Gasteiger partial charge in [0, 0.05) is 12.4 Å². The van der Waals surface area contributed by atoms with Crippen LogP contribution in [0.5, 0.6) is 11.5 Å². The fourth-order valence-corrected chi connectivity index (χ4v) is 2.59. The Morgan fingerprint density at radius 2 is 1.78 bits per heavy atom. The van der Waals surface area contributed by atoms with Crippen LogP contribution in [0.25, 0.3) is 0 Å². The van der Waals surface area contributed by atoms with Gasteiger partial charge in [-0.2, -0.15) is 0 Å². The number of hydrogen-bond acceptors (Lipinski definition) is 4. The normalized spacial score (nSPS) is 10.4. The summed E-state index contributed by atoms with van der Waals surface area (Å²) in [5, 5.41) is 3.38. The topological polar surface area (TPSA) is 65.4 Å². The van der Waals surface area contributed by atoms with E-state index in [1.54, 1.807) is 30.7 Å². The molecule has 7 heteroatoms. The van der Waals surface area contributed by atoms with E-state index in [1.165, 1.54) is 0 Å². The number of halogens is 1. The smallest absolute Gasteiger partial charge is 0.227 e. The highest BCUT2D eigenvalue weighted by molar-refractivity contribution is 6.32. The first kappa shape index (κ1) is 18.8. The number of hydrogen-bond donors (Lipinski definition) is 1. The van der Waals surface area contributed by atoms with Crippen molar-refractivity contribution in [1.82, 2.24) is 9.55 Å². The summed E-state index contributed by atoms with van der Waals surface area (Å²) in [5.41, 5.74) is 0.630. The second-order valence-corrected chi connectivity index (χ2v) is 6.13. The first-order valence-electron chi connectivity index (χ1n) is 8.57. The van der Waals surface area contributed by atoms with Gasteiger partial charge in [-0.1, -0.05) is 35.9 Å². The van der Waals surface area contributed by atoms with Gasteiger partial charge in [-0.05, 0) is 24.3 Å². The molecule has 1 heterocycles. The number of imidazole rings is 1. The molecule has 0 atom stereocenters. The number of anilines is 1.